The Balaban J connectivity index is 1.66. The fraction of sp³-hybridized carbons (Fsp3) is 0.0526. The van der Waals surface area contributed by atoms with Gasteiger partial charge < -0.3 is 9.47 Å². The van der Waals surface area contributed by atoms with E-state index in [0.717, 1.165) is 28.5 Å². The third-order valence-corrected chi connectivity index (χ3v) is 3.71. The van der Waals surface area contributed by atoms with Crippen molar-refractivity contribution < 1.29 is 9.47 Å². The highest BCUT2D eigenvalue weighted by Crippen LogP contribution is 2.31. The molecule has 0 unspecified atom stereocenters. The Labute approximate surface area is 139 Å². The molecule has 0 N–H and O–H groups in total. The van der Waals surface area contributed by atoms with Gasteiger partial charge in [-0.1, -0.05) is 30.3 Å². The van der Waals surface area contributed by atoms with Gasteiger partial charge in [0.05, 0.1) is 18.9 Å². The average Bonchev–Trinajstić information content (AvgIpc) is 2.96. The van der Waals surface area contributed by atoms with Crippen LogP contribution in [-0.2, 0) is 0 Å². The first-order valence-electron chi connectivity index (χ1n) is 7.55. The van der Waals surface area contributed by atoms with Crippen LogP contribution in [0.15, 0.2) is 54.8 Å². The van der Waals surface area contributed by atoms with Crippen LogP contribution in [-0.4, -0.2) is 21.9 Å². The van der Waals surface area contributed by atoms with Crippen molar-refractivity contribution in [2.75, 3.05) is 7.11 Å². The fourth-order valence-electron chi connectivity index (χ4n) is 2.50. The van der Waals surface area contributed by atoms with Gasteiger partial charge in [0.1, 0.15) is 17.8 Å². The summed E-state index contributed by atoms with van der Waals surface area (Å²) in [7, 11) is 1.65. The Morgan fingerprint density at radius 3 is 2.71 bits per heavy atom. The Kier molecular flexibility index (Phi) is 3.59. The maximum Gasteiger partial charge on any atom is 0.175 e. The van der Waals surface area contributed by atoms with Gasteiger partial charge in [-0.2, -0.15) is 0 Å². The molecule has 0 amide bonds. The molecule has 1 aliphatic heterocycles. The van der Waals surface area contributed by atoms with Crippen LogP contribution in [0, 0.1) is 0 Å². The molecule has 1 aromatic heterocycles. The lowest BCUT2D eigenvalue weighted by molar-refractivity contribution is 0.415. The monoisotopic (exact) mass is 317 g/mol. The third kappa shape index (κ3) is 2.67. The van der Waals surface area contributed by atoms with Crippen molar-refractivity contribution in [2.45, 2.75) is 0 Å². The zero-order chi connectivity index (χ0) is 16.4. The van der Waals surface area contributed by atoms with Crippen LogP contribution in [0.4, 0.5) is 0 Å². The Morgan fingerprint density at radius 2 is 1.88 bits per heavy atom. The number of ether oxygens (including phenoxy) is 2. The minimum absolute atomic E-state index is 0.641. The second-order valence-corrected chi connectivity index (χ2v) is 5.24. The molecule has 0 aliphatic carbocycles. The summed E-state index contributed by atoms with van der Waals surface area (Å²) in [6.45, 7) is 0. The molecule has 1 aliphatic rings. The van der Waals surface area contributed by atoms with E-state index in [9.17, 15) is 0 Å². The second-order valence-electron chi connectivity index (χ2n) is 5.24. The smallest absolute Gasteiger partial charge is 0.175 e. The summed E-state index contributed by atoms with van der Waals surface area (Å²) in [6.07, 6.45) is 7.23. The predicted octanol–water partition coefficient (Wildman–Crippen LogP) is 3.94. The van der Waals surface area contributed by atoms with E-state index in [-0.39, 0.29) is 0 Å². The van der Waals surface area contributed by atoms with E-state index in [4.69, 9.17) is 9.47 Å². The molecule has 0 spiro atoms. The lowest BCUT2D eigenvalue weighted by atomic mass is 10.2. The van der Waals surface area contributed by atoms with Gasteiger partial charge >= 0.3 is 0 Å². The minimum Gasteiger partial charge on any atom is -0.497 e. The number of hydrogen-bond acceptors (Lipinski definition) is 4. The summed E-state index contributed by atoms with van der Waals surface area (Å²) >= 11 is 0. The van der Waals surface area contributed by atoms with E-state index < -0.39 is 0 Å². The van der Waals surface area contributed by atoms with E-state index in [1.54, 1.807) is 24.3 Å². The standard InChI is InChI=1S/C19H15N3O2/c1-23-15-9-6-14(7-10-15)8-11-18-20-19-16-4-2-3-5-17(16)24-13-12-22(19)21-18/h2-13H,1H3/b11-8+. The summed E-state index contributed by atoms with van der Waals surface area (Å²) < 4.78 is 12.5. The Morgan fingerprint density at radius 1 is 1.04 bits per heavy atom. The number of nitrogens with zero attached hydrogens (tertiary/aromatic N) is 3. The van der Waals surface area contributed by atoms with E-state index in [1.165, 1.54) is 0 Å². The van der Waals surface area contributed by atoms with Gasteiger partial charge in [-0.15, -0.1) is 5.10 Å². The molecule has 3 aromatic rings. The van der Waals surface area contributed by atoms with Crippen molar-refractivity contribution in [2.24, 2.45) is 0 Å². The molecule has 2 aromatic carbocycles. The van der Waals surface area contributed by atoms with Crippen molar-refractivity contribution in [1.82, 2.24) is 14.8 Å². The lowest BCUT2D eigenvalue weighted by Crippen LogP contribution is -1.91. The van der Waals surface area contributed by atoms with Crippen LogP contribution in [0.3, 0.4) is 0 Å². The topological polar surface area (TPSA) is 49.2 Å². The van der Waals surface area contributed by atoms with E-state index >= 15 is 0 Å². The number of fused-ring (bicyclic) bond motifs is 3. The molecule has 0 saturated heterocycles. The summed E-state index contributed by atoms with van der Waals surface area (Å²) in [5.41, 5.74) is 1.97. The zero-order valence-electron chi connectivity index (χ0n) is 13.1. The van der Waals surface area contributed by atoms with E-state index in [2.05, 4.69) is 10.1 Å². The normalized spacial score (nSPS) is 12.4. The molecule has 0 fully saturated rings. The molecule has 5 nitrogen and oxygen atoms in total. The van der Waals surface area contributed by atoms with Gasteiger partial charge in [-0.25, -0.2) is 9.67 Å². The number of para-hydroxylation sites is 1. The van der Waals surface area contributed by atoms with Gasteiger partial charge in [-0.05, 0) is 35.9 Å². The van der Waals surface area contributed by atoms with E-state index in [1.807, 2.05) is 60.7 Å². The highest BCUT2D eigenvalue weighted by Gasteiger charge is 2.15. The highest BCUT2D eigenvalue weighted by molar-refractivity contribution is 5.71. The van der Waals surface area contributed by atoms with Crippen LogP contribution in [0.5, 0.6) is 11.5 Å². The average molecular weight is 317 g/mol. The maximum absolute atomic E-state index is 5.57. The van der Waals surface area contributed by atoms with Gasteiger partial charge in [0.15, 0.2) is 11.6 Å². The van der Waals surface area contributed by atoms with Crippen LogP contribution < -0.4 is 9.47 Å². The van der Waals surface area contributed by atoms with Gasteiger partial charge in [0.2, 0.25) is 0 Å². The number of hydrogen-bond donors (Lipinski definition) is 0. The molecule has 0 saturated carbocycles. The molecule has 0 atom stereocenters. The maximum atomic E-state index is 5.57. The van der Waals surface area contributed by atoms with Crippen LogP contribution >= 0.6 is 0 Å². The molecule has 118 valence electrons. The molecular formula is C19H15N3O2. The minimum atomic E-state index is 0.641. The molecule has 4 rings (SSSR count). The summed E-state index contributed by atoms with van der Waals surface area (Å²) in [5.74, 6) is 3.00. The van der Waals surface area contributed by atoms with Crippen LogP contribution in [0.1, 0.15) is 11.4 Å². The number of rotatable bonds is 3. The van der Waals surface area contributed by atoms with Crippen LogP contribution in [0.25, 0.3) is 29.7 Å². The Hall–Kier alpha value is -3.34. The number of benzene rings is 2. The number of aromatic nitrogens is 3. The molecule has 2 heterocycles. The van der Waals surface area contributed by atoms with Gasteiger partial charge in [0, 0.05) is 0 Å². The first-order chi connectivity index (χ1) is 11.8. The first kappa shape index (κ1) is 14.3. The molecular weight excluding hydrogens is 302 g/mol. The fourth-order valence-corrected chi connectivity index (χ4v) is 2.50. The van der Waals surface area contributed by atoms with Crippen molar-refractivity contribution in [1.29, 1.82) is 0 Å². The van der Waals surface area contributed by atoms with Crippen molar-refractivity contribution in [3.05, 3.63) is 66.2 Å². The third-order valence-electron chi connectivity index (χ3n) is 3.71. The summed E-state index contributed by atoms with van der Waals surface area (Å²) in [6, 6.07) is 15.6. The van der Waals surface area contributed by atoms with Crippen molar-refractivity contribution in [3.8, 4) is 22.9 Å². The van der Waals surface area contributed by atoms with Gasteiger partial charge in [-0.3, -0.25) is 0 Å². The SMILES string of the molecule is COc1ccc(/C=C/c2nc3n(n2)C=COc2ccccc2-3)cc1. The summed E-state index contributed by atoms with van der Waals surface area (Å²) in [4.78, 5) is 4.61. The van der Waals surface area contributed by atoms with Gasteiger partial charge in [0.25, 0.3) is 0 Å². The van der Waals surface area contributed by atoms with Crippen molar-refractivity contribution in [3.63, 3.8) is 0 Å². The molecule has 0 bridgehead atoms. The molecule has 24 heavy (non-hydrogen) atoms. The Bertz CT molecular complexity index is 924. The van der Waals surface area contributed by atoms with Crippen LogP contribution in [0.2, 0.25) is 0 Å². The largest absolute Gasteiger partial charge is 0.497 e. The zero-order valence-corrected chi connectivity index (χ0v) is 13.1. The van der Waals surface area contributed by atoms with E-state index in [0.29, 0.717) is 5.82 Å². The second kappa shape index (κ2) is 6.04. The lowest BCUT2D eigenvalue weighted by Gasteiger charge is -2.02. The first-order valence-corrected chi connectivity index (χ1v) is 7.55. The van der Waals surface area contributed by atoms with Crippen molar-refractivity contribution >= 4 is 18.4 Å². The quantitative estimate of drug-likeness (QED) is 0.734. The number of methoxy groups -OCH3 is 1. The summed E-state index contributed by atoms with van der Waals surface area (Å²) in [5, 5.41) is 4.49. The molecule has 0 radical (unpaired) electrons. The highest BCUT2D eigenvalue weighted by atomic mass is 16.5. The molecule has 5 heteroatoms. The predicted molar refractivity (Wildman–Crippen MR) is 93.3 cm³/mol.